The average Bonchev–Trinajstić information content (AvgIpc) is 2.72. The Morgan fingerprint density at radius 1 is 0.889 bits per heavy atom. The van der Waals surface area contributed by atoms with Gasteiger partial charge in [-0.05, 0) is 35.4 Å². The highest BCUT2D eigenvalue weighted by atomic mass is 35.5. The van der Waals surface area contributed by atoms with E-state index in [0.717, 1.165) is 16.9 Å². The zero-order valence-electron chi connectivity index (χ0n) is 14.8. The Hall–Kier alpha value is -3.04. The van der Waals surface area contributed by atoms with E-state index in [2.05, 4.69) is 5.32 Å². The number of benzene rings is 3. The van der Waals surface area contributed by atoms with Gasteiger partial charge < -0.3 is 10.1 Å². The zero-order chi connectivity index (χ0) is 18.9. The van der Waals surface area contributed by atoms with Crippen LogP contribution in [0.25, 0.3) is 11.6 Å². The number of rotatable bonds is 7. The van der Waals surface area contributed by atoms with Gasteiger partial charge in [-0.3, -0.25) is 4.79 Å². The molecular formula is C23H20ClNO2. The first-order valence-corrected chi connectivity index (χ1v) is 9.09. The molecule has 0 aliphatic carbocycles. The smallest absolute Gasteiger partial charge is 0.252 e. The number of nitrogens with one attached hydrogen (secondary N) is 1. The summed E-state index contributed by atoms with van der Waals surface area (Å²) in [7, 11) is 0. The van der Waals surface area contributed by atoms with Gasteiger partial charge in [0.25, 0.3) is 5.91 Å². The van der Waals surface area contributed by atoms with Crippen molar-refractivity contribution >= 4 is 29.2 Å². The van der Waals surface area contributed by atoms with Crippen molar-refractivity contribution in [3.05, 3.63) is 101 Å². The lowest BCUT2D eigenvalue weighted by Gasteiger charge is -2.11. The standard InChI is InChI=1S/C23H20ClNO2/c24-22-14-8-7-11-19(22)17-21(18-9-3-1-4-10-18)23(26)25-15-16-27-20-12-5-2-6-13-20/h1-14,17H,15-16H2,(H,25,26)/b21-17+. The number of ether oxygens (including phenoxy) is 1. The summed E-state index contributed by atoms with van der Waals surface area (Å²) in [4.78, 5) is 12.8. The molecule has 0 aliphatic rings. The number of halogens is 1. The maximum Gasteiger partial charge on any atom is 0.252 e. The molecule has 3 aromatic carbocycles. The van der Waals surface area contributed by atoms with E-state index < -0.39 is 0 Å². The van der Waals surface area contributed by atoms with Crippen LogP contribution in [0.2, 0.25) is 5.02 Å². The molecule has 3 aromatic rings. The normalized spacial score (nSPS) is 11.1. The Labute approximate surface area is 164 Å². The van der Waals surface area contributed by atoms with Crippen LogP contribution in [0.5, 0.6) is 5.75 Å². The Kier molecular flexibility index (Phi) is 6.66. The number of hydrogen-bond donors (Lipinski definition) is 1. The number of carbonyl (C=O) groups excluding carboxylic acids is 1. The highest BCUT2D eigenvalue weighted by Crippen LogP contribution is 2.23. The third kappa shape index (κ3) is 5.47. The lowest BCUT2D eigenvalue weighted by Crippen LogP contribution is -2.28. The first kappa shape index (κ1) is 18.7. The van der Waals surface area contributed by atoms with Crippen LogP contribution in [0.3, 0.4) is 0 Å². The molecule has 0 aliphatic heterocycles. The van der Waals surface area contributed by atoms with Gasteiger partial charge in [-0.15, -0.1) is 0 Å². The van der Waals surface area contributed by atoms with Gasteiger partial charge in [0, 0.05) is 10.6 Å². The predicted octanol–water partition coefficient (Wildman–Crippen LogP) is 5.08. The highest BCUT2D eigenvalue weighted by Gasteiger charge is 2.12. The van der Waals surface area contributed by atoms with Gasteiger partial charge in [-0.25, -0.2) is 0 Å². The van der Waals surface area contributed by atoms with Crippen LogP contribution in [0.15, 0.2) is 84.9 Å². The third-order valence-corrected chi connectivity index (χ3v) is 4.28. The first-order chi connectivity index (χ1) is 13.2. The molecular weight excluding hydrogens is 358 g/mol. The maximum atomic E-state index is 12.8. The van der Waals surface area contributed by atoms with E-state index in [9.17, 15) is 4.79 Å². The van der Waals surface area contributed by atoms with Crippen molar-refractivity contribution in [1.29, 1.82) is 0 Å². The van der Waals surface area contributed by atoms with Crippen LogP contribution >= 0.6 is 11.6 Å². The van der Waals surface area contributed by atoms with Gasteiger partial charge in [0.2, 0.25) is 0 Å². The quantitative estimate of drug-likeness (QED) is 0.354. The fraction of sp³-hybridized carbons (Fsp3) is 0.0870. The molecule has 3 nitrogen and oxygen atoms in total. The molecule has 1 amide bonds. The molecule has 27 heavy (non-hydrogen) atoms. The Bertz CT molecular complexity index is 908. The molecule has 0 saturated carbocycles. The predicted molar refractivity (Wildman–Crippen MR) is 111 cm³/mol. The lowest BCUT2D eigenvalue weighted by atomic mass is 10.0. The minimum absolute atomic E-state index is 0.169. The van der Waals surface area contributed by atoms with E-state index in [-0.39, 0.29) is 5.91 Å². The summed E-state index contributed by atoms with van der Waals surface area (Å²) in [6.07, 6.45) is 1.81. The van der Waals surface area contributed by atoms with Gasteiger partial charge in [0.1, 0.15) is 12.4 Å². The van der Waals surface area contributed by atoms with E-state index in [1.54, 1.807) is 0 Å². The highest BCUT2D eigenvalue weighted by molar-refractivity contribution is 6.33. The summed E-state index contributed by atoms with van der Waals surface area (Å²) in [6, 6.07) is 26.5. The van der Waals surface area contributed by atoms with Gasteiger partial charge in [0.05, 0.1) is 6.54 Å². The lowest BCUT2D eigenvalue weighted by molar-refractivity contribution is -0.115. The molecule has 136 valence electrons. The average molecular weight is 378 g/mol. The minimum atomic E-state index is -0.169. The maximum absolute atomic E-state index is 12.8. The van der Waals surface area contributed by atoms with Gasteiger partial charge in [-0.2, -0.15) is 0 Å². The molecule has 0 bridgehead atoms. The second-order valence-electron chi connectivity index (χ2n) is 5.86. The van der Waals surface area contributed by atoms with Crippen LogP contribution in [-0.4, -0.2) is 19.1 Å². The Morgan fingerprint density at radius 2 is 1.52 bits per heavy atom. The van der Waals surface area contributed by atoms with Crippen molar-refractivity contribution in [3.8, 4) is 5.75 Å². The topological polar surface area (TPSA) is 38.3 Å². The molecule has 1 N–H and O–H groups in total. The summed E-state index contributed by atoms with van der Waals surface area (Å²) in [5.74, 6) is 0.611. The van der Waals surface area contributed by atoms with Crippen molar-refractivity contribution < 1.29 is 9.53 Å². The summed E-state index contributed by atoms with van der Waals surface area (Å²) >= 11 is 6.26. The van der Waals surface area contributed by atoms with Crippen LogP contribution < -0.4 is 10.1 Å². The number of hydrogen-bond acceptors (Lipinski definition) is 2. The molecule has 4 heteroatoms. The van der Waals surface area contributed by atoms with Crippen LogP contribution in [-0.2, 0) is 4.79 Å². The van der Waals surface area contributed by atoms with Crippen molar-refractivity contribution in [1.82, 2.24) is 5.32 Å². The minimum Gasteiger partial charge on any atom is -0.492 e. The second kappa shape index (κ2) is 9.60. The molecule has 3 rings (SSSR count). The molecule has 0 spiro atoms. The fourth-order valence-corrected chi connectivity index (χ4v) is 2.78. The molecule has 0 heterocycles. The van der Waals surface area contributed by atoms with E-state index in [0.29, 0.717) is 23.7 Å². The monoisotopic (exact) mass is 377 g/mol. The summed E-state index contributed by atoms with van der Waals surface area (Å²) in [6.45, 7) is 0.796. The van der Waals surface area contributed by atoms with Gasteiger partial charge in [-0.1, -0.05) is 78.3 Å². The van der Waals surface area contributed by atoms with Crippen LogP contribution in [0, 0.1) is 0 Å². The molecule has 0 atom stereocenters. The van der Waals surface area contributed by atoms with Gasteiger partial charge >= 0.3 is 0 Å². The van der Waals surface area contributed by atoms with E-state index in [1.807, 2.05) is 91.0 Å². The zero-order valence-corrected chi connectivity index (χ0v) is 15.5. The molecule has 0 saturated heterocycles. The third-order valence-electron chi connectivity index (χ3n) is 3.93. The summed E-state index contributed by atoms with van der Waals surface area (Å²) < 4.78 is 5.62. The van der Waals surface area contributed by atoms with Crippen LogP contribution in [0.1, 0.15) is 11.1 Å². The van der Waals surface area contributed by atoms with Gasteiger partial charge in [0.15, 0.2) is 0 Å². The fourth-order valence-electron chi connectivity index (χ4n) is 2.59. The Balaban J connectivity index is 1.71. The molecule has 0 radical (unpaired) electrons. The summed E-state index contributed by atoms with van der Waals surface area (Å²) in [5, 5.41) is 3.52. The Morgan fingerprint density at radius 3 is 2.22 bits per heavy atom. The molecule has 0 unspecified atom stereocenters. The molecule has 0 fully saturated rings. The van der Waals surface area contributed by atoms with E-state index in [4.69, 9.17) is 16.3 Å². The van der Waals surface area contributed by atoms with E-state index in [1.165, 1.54) is 0 Å². The molecule has 0 aromatic heterocycles. The number of carbonyl (C=O) groups is 1. The van der Waals surface area contributed by atoms with Crippen molar-refractivity contribution in [3.63, 3.8) is 0 Å². The van der Waals surface area contributed by atoms with Crippen molar-refractivity contribution in [2.24, 2.45) is 0 Å². The van der Waals surface area contributed by atoms with Crippen LogP contribution in [0.4, 0.5) is 0 Å². The SMILES string of the molecule is O=C(NCCOc1ccccc1)/C(=C/c1ccccc1Cl)c1ccccc1. The van der Waals surface area contributed by atoms with Crippen molar-refractivity contribution in [2.75, 3.05) is 13.2 Å². The van der Waals surface area contributed by atoms with Crippen molar-refractivity contribution in [2.45, 2.75) is 0 Å². The largest absolute Gasteiger partial charge is 0.492 e. The first-order valence-electron chi connectivity index (χ1n) is 8.72. The number of amides is 1. The van der Waals surface area contributed by atoms with E-state index >= 15 is 0 Å². The summed E-state index contributed by atoms with van der Waals surface area (Å²) in [5.41, 5.74) is 2.19. The number of para-hydroxylation sites is 1. The second-order valence-corrected chi connectivity index (χ2v) is 6.27.